The molecule has 6 heteroatoms. The van der Waals surface area contributed by atoms with Gasteiger partial charge in [0.15, 0.2) is 0 Å². The number of hydrogen-bond acceptors (Lipinski definition) is 3. The van der Waals surface area contributed by atoms with Crippen molar-refractivity contribution in [2.24, 2.45) is 7.05 Å². The summed E-state index contributed by atoms with van der Waals surface area (Å²) in [5, 5.41) is 4.22. The van der Waals surface area contributed by atoms with Gasteiger partial charge in [-0.05, 0) is 31.0 Å². The molecule has 3 aromatic rings. The lowest BCUT2D eigenvalue weighted by atomic mass is 10.0. The molecule has 0 bridgehead atoms. The number of likely N-dealkylation sites (tertiary alicyclic amines) is 1. The van der Waals surface area contributed by atoms with E-state index in [9.17, 15) is 4.79 Å². The summed E-state index contributed by atoms with van der Waals surface area (Å²) < 4.78 is 3.89. The first kappa shape index (κ1) is 15.2. The first-order valence-electron chi connectivity index (χ1n) is 8.61. The highest BCUT2D eigenvalue weighted by Crippen LogP contribution is 2.24. The molecule has 2 aromatic heterocycles. The van der Waals surface area contributed by atoms with Crippen molar-refractivity contribution in [3.63, 3.8) is 0 Å². The Labute approximate surface area is 140 Å². The predicted octanol–water partition coefficient (Wildman–Crippen LogP) is 1.94. The van der Waals surface area contributed by atoms with Crippen LogP contribution in [0.4, 0.5) is 0 Å². The van der Waals surface area contributed by atoms with Crippen molar-refractivity contribution in [3.8, 4) is 0 Å². The number of hydrogen-bond donors (Lipinski definition) is 1. The molecule has 1 fully saturated rings. The average Bonchev–Trinajstić information content (AvgIpc) is 3.15. The Morgan fingerprint density at radius 3 is 2.75 bits per heavy atom. The number of benzene rings is 1. The number of piperidine rings is 1. The molecule has 3 heterocycles. The zero-order valence-corrected chi connectivity index (χ0v) is 14.0. The number of aromatic amines is 1. The van der Waals surface area contributed by atoms with Crippen LogP contribution < -0.4 is 5.69 Å². The molecule has 0 radical (unpaired) electrons. The molecule has 0 amide bonds. The molecule has 1 N–H and O–H groups in total. The van der Waals surface area contributed by atoms with Crippen molar-refractivity contribution in [1.82, 2.24) is 24.2 Å². The van der Waals surface area contributed by atoms with E-state index in [0.29, 0.717) is 6.04 Å². The summed E-state index contributed by atoms with van der Waals surface area (Å²) in [6.45, 7) is 3.12. The van der Waals surface area contributed by atoms with Gasteiger partial charge in [-0.2, -0.15) is 5.10 Å². The van der Waals surface area contributed by atoms with Gasteiger partial charge in [0.05, 0.1) is 11.0 Å². The fourth-order valence-electron chi connectivity index (χ4n) is 3.76. The zero-order valence-electron chi connectivity index (χ0n) is 14.0. The molecule has 24 heavy (non-hydrogen) atoms. The maximum Gasteiger partial charge on any atom is 0.326 e. The minimum atomic E-state index is 0.0181. The quantitative estimate of drug-likeness (QED) is 0.797. The summed E-state index contributed by atoms with van der Waals surface area (Å²) in [5.74, 6) is 0. The first-order valence-corrected chi connectivity index (χ1v) is 8.61. The summed E-state index contributed by atoms with van der Waals surface area (Å²) >= 11 is 0. The van der Waals surface area contributed by atoms with Crippen LogP contribution in [0.25, 0.3) is 11.0 Å². The van der Waals surface area contributed by atoms with Crippen molar-refractivity contribution in [1.29, 1.82) is 0 Å². The summed E-state index contributed by atoms with van der Waals surface area (Å²) in [6.07, 6.45) is 4.92. The lowest BCUT2D eigenvalue weighted by Gasteiger charge is -2.32. The molecule has 6 nitrogen and oxygen atoms in total. The molecule has 0 saturated carbocycles. The molecule has 4 rings (SSSR count). The summed E-state index contributed by atoms with van der Waals surface area (Å²) in [7, 11) is 1.99. The molecule has 126 valence electrons. The van der Waals surface area contributed by atoms with E-state index in [1.165, 1.54) is 5.69 Å². The SMILES string of the molecule is Cn1nccc1CCN1CCC(n2c(=O)[nH]c3ccccc32)CC1. The van der Waals surface area contributed by atoms with E-state index in [-0.39, 0.29) is 5.69 Å². The highest BCUT2D eigenvalue weighted by Gasteiger charge is 2.23. The van der Waals surface area contributed by atoms with Crippen molar-refractivity contribution < 1.29 is 0 Å². The number of para-hydroxylation sites is 2. The molecular weight excluding hydrogens is 302 g/mol. The molecular formula is C18H23N5O. The normalized spacial score (nSPS) is 16.9. The maximum atomic E-state index is 12.3. The number of nitrogens with zero attached hydrogens (tertiary/aromatic N) is 4. The summed E-state index contributed by atoms with van der Waals surface area (Å²) in [5.41, 5.74) is 3.24. The van der Waals surface area contributed by atoms with Gasteiger partial charge in [-0.1, -0.05) is 12.1 Å². The molecule has 0 unspecified atom stereocenters. The Kier molecular flexibility index (Phi) is 3.98. The number of H-pyrrole nitrogens is 1. The van der Waals surface area contributed by atoms with Gasteiger partial charge in [0.2, 0.25) is 0 Å². The Morgan fingerprint density at radius 2 is 2.00 bits per heavy atom. The fraction of sp³-hybridized carbons (Fsp3) is 0.444. The van der Waals surface area contributed by atoms with E-state index in [2.05, 4.69) is 21.0 Å². The molecule has 0 aliphatic carbocycles. The maximum absolute atomic E-state index is 12.3. The summed E-state index contributed by atoms with van der Waals surface area (Å²) in [4.78, 5) is 17.8. The fourth-order valence-corrected chi connectivity index (χ4v) is 3.76. The van der Waals surface area contributed by atoms with E-state index in [1.54, 1.807) is 0 Å². The molecule has 1 saturated heterocycles. The van der Waals surface area contributed by atoms with Gasteiger partial charge >= 0.3 is 5.69 Å². The Balaban J connectivity index is 1.41. The zero-order chi connectivity index (χ0) is 16.5. The van der Waals surface area contributed by atoms with Crippen LogP contribution >= 0.6 is 0 Å². The number of nitrogens with one attached hydrogen (secondary N) is 1. The van der Waals surface area contributed by atoms with Crippen molar-refractivity contribution in [2.45, 2.75) is 25.3 Å². The van der Waals surface area contributed by atoms with Crippen LogP contribution in [0.1, 0.15) is 24.6 Å². The van der Waals surface area contributed by atoms with Crippen LogP contribution in [-0.4, -0.2) is 43.9 Å². The molecule has 0 spiro atoms. The molecule has 1 aliphatic rings. The van der Waals surface area contributed by atoms with Crippen molar-refractivity contribution in [2.75, 3.05) is 19.6 Å². The van der Waals surface area contributed by atoms with E-state index in [1.807, 2.05) is 46.8 Å². The Bertz CT molecular complexity index is 882. The highest BCUT2D eigenvalue weighted by atomic mass is 16.1. The second-order valence-corrected chi connectivity index (χ2v) is 6.59. The predicted molar refractivity (Wildman–Crippen MR) is 94.2 cm³/mol. The van der Waals surface area contributed by atoms with Crippen LogP contribution in [0, 0.1) is 0 Å². The van der Waals surface area contributed by atoms with Crippen LogP contribution in [0.3, 0.4) is 0 Å². The largest absolute Gasteiger partial charge is 0.326 e. The number of fused-ring (bicyclic) bond motifs is 1. The number of aryl methyl sites for hydroxylation is 1. The van der Waals surface area contributed by atoms with Gasteiger partial charge in [-0.25, -0.2) is 4.79 Å². The number of rotatable bonds is 4. The van der Waals surface area contributed by atoms with E-state index < -0.39 is 0 Å². The standard InChI is InChI=1S/C18H23N5O/c1-21-14(6-10-19-21)7-11-22-12-8-15(9-13-22)23-17-5-3-2-4-16(17)20-18(23)24/h2-6,10,15H,7-9,11-13H2,1H3,(H,20,24). The monoisotopic (exact) mass is 325 g/mol. The van der Waals surface area contributed by atoms with Gasteiger partial charge in [0.25, 0.3) is 0 Å². The third kappa shape index (κ3) is 2.78. The minimum Gasteiger partial charge on any atom is -0.306 e. The highest BCUT2D eigenvalue weighted by molar-refractivity contribution is 5.75. The van der Waals surface area contributed by atoms with Gasteiger partial charge in [-0.3, -0.25) is 9.25 Å². The first-order chi connectivity index (χ1) is 11.7. The van der Waals surface area contributed by atoms with Crippen LogP contribution in [0.2, 0.25) is 0 Å². The van der Waals surface area contributed by atoms with Crippen LogP contribution in [-0.2, 0) is 13.5 Å². The van der Waals surface area contributed by atoms with Gasteiger partial charge in [-0.15, -0.1) is 0 Å². The average molecular weight is 325 g/mol. The Hall–Kier alpha value is -2.34. The topological polar surface area (TPSA) is 58.9 Å². The molecule has 0 atom stereocenters. The van der Waals surface area contributed by atoms with E-state index >= 15 is 0 Å². The molecule has 1 aliphatic heterocycles. The second-order valence-electron chi connectivity index (χ2n) is 6.59. The van der Waals surface area contributed by atoms with Gasteiger partial charge < -0.3 is 9.88 Å². The summed E-state index contributed by atoms with van der Waals surface area (Å²) in [6, 6.07) is 10.3. The van der Waals surface area contributed by atoms with Crippen molar-refractivity contribution >= 4 is 11.0 Å². The van der Waals surface area contributed by atoms with Gasteiger partial charge in [0.1, 0.15) is 0 Å². The van der Waals surface area contributed by atoms with E-state index in [4.69, 9.17) is 0 Å². The smallest absolute Gasteiger partial charge is 0.306 e. The lowest BCUT2D eigenvalue weighted by Crippen LogP contribution is -2.38. The number of aromatic nitrogens is 4. The van der Waals surface area contributed by atoms with E-state index in [0.717, 1.165) is 49.9 Å². The van der Waals surface area contributed by atoms with Gasteiger partial charge in [0, 0.05) is 51.0 Å². The second kappa shape index (κ2) is 6.28. The number of imidazole rings is 1. The minimum absolute atomic E-state index is 0.0181. The third-order valence-corrected chi connectivity index (χ3v) is 5.15. The Morgan fingerprint density at radius 1 is 1.21 bits per heavy atom. The van der Waals surface area contributed by atoms with Crippen molar-refractivity contribution in [3.05, 3.63) is 52.7 Å². The third-order valence-electron chi connectivity index (χ3n) is 5.15. The van der Waals surface area contributed by atoms with Crippen LogP contribution in [0.15, 0.2) is 41.3 Å². The lowest BCUT2D eigenvalue weighted by molar-refractivity contribution is 0.188. The van der Waals surface area contributed by atoms with Crippen LogP contribution in [0.5, 0.6) is 0 Å². The molecule has 1 aromatic carbocycles.